The van der Waals surface area contributed by atoms with Gasteiger partial charge in [-0.3, -0.25) is 9.59 Å². The Morgan fingerprint density at radius 3 is 2.34 bits per heavy atom. The van der Waals surface area contributed by atoms with Crippen LogP contribution in [0.2, 0.25) is 5.02 Å². The number of halogens is 1. The fraction of sp³-hybridized carbons (Fsp3) is 0.370. The Bertz CT molecular complexity index is 1140. The molecule has 3 rings (SSSR count). The third kappa shape index (κ3) is 7.59. The summed E-state index contributed by atoms with van der Waals surface area (Å²) in [7, 11) is 0. The van der Waals surface area contributed by atoms with Crippen LogP contribution < -0.4 is 10.1 Å². The molecule has 2 amide bonds. The van der Waals surface area contributed by atoms with Gasteiger partial charge < -0.3 is 15.0 Å². The SMILES string of the molecule is CC(C)CN(CC(=O)Nc1cc(C(C)(C)C)nn1-c1ccc(Cl)cc1)C(=O)COc1ccccc1. The van der Waals surface area contributed by atoms with Gasteiger partial charge in [-0.2, -0.15) is 5.10 Å². The van der Waals surface area contributed by atoms with Crippen LogP contribution in [0.25, 0.3) is 5.69 Å². The van der Waals surface area contributed by atoms with E-state index in [2.05, 4.69) is 26.1 Å². The lowest BCUT2D eigenvalue weighted by atomic mass is 9.92. The molecule has 1 N–H and O–H groups in total. The van der Waals surface area contributed by atoms with E-state index in [9.17, 15) is 9.59 Å². The molecule has 0 aliphatic rings. The highest BCUT2D eigenvalue weighted by molar-refractivity contribution is 6.30. The lowest BCUT2D eigenvalue weighted by molar-refractivity contribution is -0.137. The van der Waals surface area contributed by atoms with Crippen molar-refractivity contribution in [2.75, 3.05) is 25.0 Å². The van der Waals surface area contributed by atoms with Gasteiger partial charge in [-0.25, -0.2) is 4.68 Å². The molecule has 2 aromatic carbocycles. The van der Waals surface area contributed by atoms with Gasteiger partial charge >= 0.3 is 0 Å². The minimum atomic E-state index is -0.311. The van der Waals surface area contributed by atoms with Gasteiger partial charge in [0.2, 0.25) is 5.91 Å². The molecule has 186 valence electrons. The number of hydrogen-bond donors (Lipinski definition) is 1. The minimum absolute atomic E-state index is 0.0915. The van der Waals surface area contributed by atoms with Crippen molar-refractivity contribution in [2.45, 2.75) is 40.0 Å². The molecule has 0 saturated heterocycles. The van der Waals surface area contributed by atoms with Crippen LogP contribution in [0.15, 0.2) is 60.7 Å². The van der Waals surface area contributed by atoms with Crippen LogP contribution in [0.3, 0.4) is 0 Å². The van der Waals surface area contributed by atoms with Gasteiger partial charge in [-0.15, -0.1) is 0 Å². The summed E-state index contributed by atoms with van der Waals surface area (Å²) in [4.78, 5) is 27.5. The molecule has 1 heterocycles. The molecule has 1 aromatic heterocycles. The first kappa shape index (κ1) is 26.3. The Hall–Kier alpha value is -3.32. The number of rotatable bonds is 9. The maximum absolute atomic E-state index is 13.1. The van der Waals surface area contributed by atoms with Gasteiger partial charge in [0.1, 0.15) is 18.1 Å². The zero-order valence-electron chi connectivity index (χ0n) is 20.9. The Labute approximate surface area is 212 Å². The summed E-state index contributed by atoms with van der Waals surface area (Å²) in [5.74, 6) is 0.764. The molecule has 0 aliphatic heterocycles. The lowest BCUT2D eigenvalue weighted by Gasteiger charge is -2.24. The van der Waals surface area contributed by atoms with Crippen LogP contribution in [-0.4, -0.2) is 46.2 Å². The maximum atomic E-state index is 13.1. The number of para-hydroxylation sites is 1. The predicted molar refractivity (Wildman–Crippen MR) is 139 cm³/mol. The quantitative estimate of drug-likeness (QED) is 0.434. The zero-order valence-corrected chi connectivity index (χ0v) is 21.7. The highest BCUT2D eigenvalue weighted by atomic mass is 35.5. The summed E-state index contributed by atoms with van der Waals surface area (Å²) in [5.41, 5.74) is 1.38. The average molecular weight is 497 g/mol. The van der Waals surface area contributed by atoms with Gasteiger partial charge in [0.25, 0.3) is 5.91 Å². The average Bonchev–Trinajstić information content (AvgIpc) is 3.22. The Kier molecular flexibility index (Phi) is 8.57. The summed E-state index contributed by atoms with van der Waals surface area (Å²) >= 11 is 6.05. The monoisotopic (exact) mass is 496 g/mol. The van der Waals surface area contributed by atoms with Crippen LogP contribution in [0.4, 0.5) is 5.82 Å². The number of anilines is 1. The number of benzene rings is 2. The molecule has 0 aliphatic carbocycles. The van der Waals surface area contributed by atoms with Gasteiger partial charge in [0.05, 0.1) is 11.4 Å². The van der Waals surface area contributed by atoms with Gasteiger partial charge in [-0.1, -0.05) is 64.4 Å². The normalized spacial score (nSPS) is 11.4. The van der Waals surface area contributed by atoms with Crippen molar-refractivity contribution < 1.29 is 14.3 Å². The van der Waals surface area contributed by atoms with Crippen molar-refractivity contribution in [1.82, 2.24) is 14.7 Å². The summed E-state index contributed by atoms with van der Waals surface area (Å²) < 4.78 is 7.29. The van der Waals surface area contributed by atoms with E-state index in [1.165, 1.54) is 4.90 Å². The molecule has 0 unspecified atom stereocenters. The fourth-order valence-corrected chi connectivity index (χ4v) is 3.55. The molecule has 0 spiro atoms. The first-order valence-corrected chi connectivity index (χ1v) is 12.0. The molecule has 7 nitrogen and oxygen atoms in total. The van der Waals surface area contributed by atoms with Crippen LogP contribution >= 0.6 is 11.6 Å². The summed E-state index contributed by atoms with van der Waals surface area (Å²) in [5, 5.41) is 8.27. The molecular formula is C27H33ClN4O3. The maximum Gasteiger partial charge on any atom is 0.260 e. The lowest BCUT2D eigenvalue weighted by Crippen LogP contribution is -2.42. The summed E-state index contributed by atoms with van der Waals surface area (Å²) in [6, 6.07) is 18.2. The van der Waals surface area contributed by atoms with Crippen molar-refractivity contribution in [3.05, 3.63) is 71.4 Å². The van der Waals surface area contributed by atoms with E-state index in [0.717, 1.165) is 11.4 Å². The first-order valence-electron chi connectivity index (χ1n) is 11.6. The third-order valence-electron chi connectivity index (χ3n) is 5.19. The van der Waals surface area contributed by atoms with Gasteiger partial charge in [0, 0.05) is 23.0 Å². The number of hydrogen-bond acceptors (Lipinski definition) is 4. The predicted octanol–water partition coefficient (Wildman–Crippen LogP) is 5.33. The molecular weight excluding hydrogens is 464 g/mol. The molecule has 3 aromatic rings. The second-order valence-corrected chi connectivity index (χ2v) is 10.3. The number of carbonyl (C=O) groups excluding carboxylic acids is 2. The third-order valence-corrected chi connectivity index (χ3v) is 5.45. The second kappa shape index (κ2) is 11.4. The molecule has 0 atom stereocenters. The second-order valence-electron chi connectivity index (χ2n) is 9.87. The van der Waals surface area contributed by atoms with Crippen molar-refractivity contribution >= 4 is 29.2 Å². The molecule has 35 heavy (non-hydrogen) atoms. The van der Waals surface area contributed by atoms with E-state index < -0.39 is 0 Å². The molecule has 0 fully saturated rings. The molecule has 8 heteroatoms. The van der Waals surface area contributed by atoms with Crippen LogP contribution in [0.1, 0.15) is 40.3 Å². The highest BCUT2D eigenvalue weighted by Crippen LogP contribution is 2.27. The van der Waals surface area contributed by atoms with E-state index >= 15 is 0 Å². The summed E-state index contributed by atoms with van der Waals surface area (Å²) in [6.45, 7) is 10.4. The van der Waals surface area contributed by atoms with E-state index in [1.807, 2.05) is 50.2 Å². The topological polar surface area (TPSA) is 76.5 Å². The minimum Gasteiger partial charge on any atom is -0.484 e. The Morgan fingerprint density at radius 2 is 1.74 bits per heavy atom. The molecule has 0 bridgehead atoms. The zero-order chi connectivity index (χ0) is 25.6. The van der Waals surface area contributed by atoms with Crippen molar-refractivity contribution in [3.8, 4) is 11.4 Å². The standard InChI is InChI=1S/C27H33ClN4O3/c1-19(2)16-31(26(34)18-35-22-9-7-6-8-10-22)17-25(33)29-24-15-23(27(3,4)5)30-32(24)21-13-11-20(28)12-14-21/h6-15,19H,16-18H2,1-5H3,(H,29,33). The van der Waals surface area contributed by atoms with Gasteiger partial charge in [-0.05, 0) is 42.3 Å². The van der Waals surface area contributed by atoms with Gasteiger partial charge in [0.15, 0.2) is 6.61 Å². The van der Waals surface area contributed by atoms with Crippen LogP contribution in [0.5, 0.6) is 5.75 Å². The Morgan fingerprint density at radius 1 is 1.09 bits per heavy atom. The molecule has 0 saturated carbocycles. The number of ether oxygens (including phenoxy) is 1. The van der Waals surface area contributed by atoms with Crippen molar-refractivity contribution in [1.29, 1.82) is 0 Å². The van der Waals surface area contributed by atoms with Crippen molar-refractivity contribution in [3.63, 3.8) is 0 Å². The first-order chi connectivity index (χ1) is 16.5. The largest absolute Gasteiger partial charge is 0.484 e. The van der Waals surface area contributed by atoms with Crippen LogP contribution in [-0.2, 0) is 15.0 Å². The Balaban J connectivity index is 1.76. The highest BCUT2D eigenvalue weighted by Gasteiger charge is 2.23. The van der Waals surface area contributed by atoms with E-state index in [0.29, 0.717) is 23.1 Å². The molecule has 0 radical (unpaired) electrons. The smallest absolute Gasteiger partial charge is 0.260 e. The number of nitrogens with zero attached hydrogens (tertiary/aromatic N) is 3. The van der Waals surface area contributed by atoms with Crippen molar-refractivity contribution in [2.24, 2.45) is 5.92 Å². The van der Waals surface area contributed by atoms with E-state index in [1.54, 1.807) is 28.9 Å². The fourth-order valence-electron chi connectivity index (χ4n) is 3.42. The van der Waals surface area contributed by atoms with Crippen LogP contribution in [0, 0.1) is 5.92 Å². The number of nitrogens with one attached hydrogen (secondary N) is 1. The number of aromatic nitrogens is 2. The van der Waals surface area contributed by atoms with E-state index in [-0.39, 0.29) is 36.3 Å². The summed E-state index contributed by atoms with van der Waals surface area (Å²) in [6.07, 6.45) is 0. The number of carbonyl (C=O) groups is 2. The van der Waals surface area contributed by atoms with E-state index in [4.69, 9.17) is 21.4 Å². The number of amides is 2.